The zero-order valence-electron chi connectivity index (χ0n) is 28.2. The number of fused-ring (bicyclic) bond motifs is 9. The second-order valence-corrected chi connectivity index (χ2v) is 14.2. The van der Waals surface area contributed by atoms with Crippen LogP contribution in [0.2, 0.25) is 0 Å². The van der Waals surface area contributed by atoms with Crippen molar-refractivity contribution in [3.63, 3.8) is 0 Å². The summed E-state index contributed by atoms with van der Waals surface area (Å²) in [5.74, 6) is 2.51. The lowest BCUT2D eigenvalue weighted by atomic mass is 9.81. The third-order valence-electron chi connectivity index (χ3n) is 11.0. The van der Waals surface area contributed by atoms with E-state index in [2.05, 4.69) is 158 Å². The van der Waals surface area contributed by atoms with Gasteiger partial charge in [-0.1, -0.05) is 123 Å². The lowest BCUT2D eigenvalue weighted by molar-refractivity contribution is 0.476. The molecule has 0 amide bonds. The van der Waals surface area contributed by atoms with Gasteiger partial charge in [0.1, 0.15) is 0 Å². The largest absolute Gasteiger partial charge is 0.453 e. The van der Waals surface area contributed by atoms with Gasteiger partial charge in [-0.25, -0.2) is 9.97 Å². The average molecular weight is 654 g/mol. The van der Waals surface area contributed by atoms with E-state index in [1.165, 1.54) is 49.7 Å². The van der Waals surface area contributed by atoms with Crippen LogP contribution in [0.4, 0.5) is 0 Å². The first-order chi connectivity index (χ1) is 25.0. The molecule has 0 atom stereocenters. The van der Waals surface area contributed by atoms with Crippen molar-refractivity contribution in [3.8, 4) is 62.1 Å². The Bertz CT molecular complexity index is 2900. The summed E-state index contributed by atoms with van der Waals surface area (Å²) in [5, 5.41) is 3.49. The van der Waals surface area contributed by atoms with Crippen LogP contribution in [0, 0.1) is 0 Å². The minimum atomic E-state index is -0.230. The van der Waals surface area contributed by atoms with Gasteiger partial charge in [-0.15, -0.1) is 0 Å². The summed E-state index contributed by atoms with van der Waals surface area (Å²) in [6, 6.07) is 53.9. The summed E-state index contributed by atoms with van der Waals surface area (Å²) in [6.45, 7) is 4.69. The van der Waals surface area contributed by atoms with Crippen LogP contribution < -0.4 is 4.74 Å². The Morgan fingerprint density at radius 1 is 0.510 bits per heavy atom. The fourth-order valence-electron chi connectivity index (χ4n) is 8.46. The number of benzene rings is 7. The minimum Gasteiger partial charge on any atom is -0.453 e. The molecule has 0 radical (unpaired) electrons. The molecule has 0 N–H and O–H groups in total. The van der Waals surface area contributed by atoms with Crippen LogP contribution in [0.1, 0.15) is 25.0 Å². The number of hydrogen-bond donors (Lipinski definition) is 0. The second kappa shape index (κ2) is 10.3. The first-order valence-corrected chi connectivity index (χ1v) is 17.5. The first kappa shape index (κ1) is 28.3. The molecule has 3 heterocycles. The molecule has 7 aromatic carbocycles. The molecule has 0 bridgehead atoms. The first-order valence-electron chi connectivity index (χ1n) is 17.5. The predicted octanol–water partition coefficient (Wildman–Crippen LogP) is 12.1. The zero-order valence-corrected chi connectivity index (χ0v) is 28.2. The zero-order chi connectivity index (χ0) is 33.8. The molecule has 9 aromatic rings. The van der Waals surface area contributed by atoms with Crippen molar-refractivity contribution in [3.05, 3.63) is 163 Å². The van der Waals surface area contributed by atoms with E-state index in [1.807, 2.05) is 12.1 Å². The summed E-state index contributed by atoms with van der Waals surface area (Å²) in [5.41, 5.74) is 14.7. The van der Waals surface area contributed by atoms with Gasteiger partial charge >= 0.3 is 0 Å². The maximum Gasteiger partial charge on any atom is 0.160 e. The molecule has 240 valence electrons. The SMILES string of the molecule is CC1(C)c2cc(-c3nc(-c4ccc(-c5ccccc5)cc4)c4ccccc4n3)ccc2-c2cc3c4cccc5c4n(c3cc21)-c1ccccc1O5. The number of hydrogen-bond acceptors (Lipinski definition) is 3. The number of ether oxygens (including phenoxy) is 1. The highest BCUT2D eigenvalue weighted by molar-refractivity contribution is 6.14. The third kappa shape index (κ3) is 4.02. The molecule has 4 nitrogen and oxygen atoms in total. The fourth-order valence-corrected chi connectivity index (χ4v) is 8.46. The van der Waals surface area contributed by atoms with Crippen molar-refractivity contribution in [2.45, 2.75) is 19.3 Å². The van der Waals surface area contributed by atoms with Crippen molar-refractivity contribution in [2.24, 2.45) is 0 Å². The molecule has 2 aliphatic rings. The summed E-state index contributed by atoms with van der Waals surface area (Å²) < 4.78 is 8.78. The van der Waals surface area contributed by atoms with Crippen LogP contribution in [-0.4, -0.2) is 14.5 Å². The van der Waals surface area contributed by atoms with E-state index in [1.54, 1.807) is 0 Å². The van der Waals surface area contributed by atoms with E-state index in [0.717, 1.165) is 56.3 Å². The normalized spacial score (nSPS) is 13.6. The number of aromatic nitrogens is 3. The maximum absolute atomic E-state index is 6.39. The Labute approximate surface area is 295 Å². The van der Waals surface area contributed by atoms with Gasteiger partial charge in [-0.3, -0.25) is 0 Å². The number of rotatable bonds is 3. The van der Waals surface area contributed by atoms with Gasteiger partial charge in [0.15, 0.2) is 17.3 Å². The number of nitrogens with zero attached hydrogens (tertiary/aromatic N) is 3. The molecule has 0 fully saturated rings. The van der Waals surface area contributed by atoms with Gasteiger partial charge in [-0.05, 0) is 75.8 Å². The molecule has 0 spiro atoms. The highest BCUT2D eigenvalue weighted by atomic mass is 16.5. The Morgan fingerprint density at radius 3 is 2.08 bits per heavy atom. The molecule has 0 saturated carbocycles. The standard InChI is InChI=1S/C47H31N3O/c1-47(2)37-25-31(46-48-39-15-7-6-13-34(39)44(49-46)30-21-19-29(20-22-30)28-11-4-3-5-12-28)23-24-32(37)35-26-36-33-14-10-18-43-45(33)50(41(36)27-38(35)47)40-16-8-9-17-42(40)51-43/h3-27H,1-2H3. The van der Waals surface area contributed by atoms with Crippen LogP contribution in [0.5, 0.6) is 11.5 Å². The lowest BCUT2D eigenvalue weighted by Gasteiger charge is -2.23. The van der Waals surface area contributed by atoms with Crippen molar-refractivity contribution in [1.82, 2.24) is 14.5 Å². The molecule has 0 saturated heterocycles. The summed E-state index contributed by atoms with van der Waals surface area (Å²) >= 11 is 0. The van der Waals surface area contributed by atoms with Gasteiger partial charge in [0, 0.05) is 32.7 Å². The van der Waals surface area contributed by atoms with E-state index in [9.17, 15) is 0 Å². The van der Waals surface area contributed by atoms with Crippen LogP contribution in [0.25, 0.3) is 83.3 Å². The molecule has 4 heteroatoms. The molecule has 2 aromatic heterocycles. The minimum absolute atomic E-state index is 0.230. The van der Waals surface area contributed by atoms with Crippen LogP contribution in [0.3, 0.4) is 0 Å². The molecule has 0 unspecified atom stereocenters. The Morgan fingerprint density at radius 2 is 1.20 bits per heavy atom. The molecule has 51 heavy (non-hydrogen) atoms. The number of para-hydroxylation sites is 4. The fraction of sp³-hybridized carbons (Fsp3) is 0.0638. The molecule has 1 aliphatic carbocycles. The summed E-state index contributed by atoms with van der Waals surface area (Å²) in [6.07, 6.45) is 0. The average Bonchev–Trinajstić information content (AvgIpc) is 3.62. The van der Waals surface area contributed by atoms with Gasteiger partial charge in [-0.2, -0.15) is 0 Å². The highest BCUT2D eigenvalue weighted by Gasteiger charge is 2.37. The lowest BCUT2D eigenvalue weighted by Crippen LogP contribution is -2.15. The van der Waals surface area contributed by atoms with Gasteiger partial charge in [0.2, 0.25) is 0 Å². The molecule has 1 aliphatic heterocycles. The topological polar surface area (TPSA) is 39.9 Å². The van der Waals surface area contributed by atoms with Crippen molar-refractivity contribution in [1.29, 1.82) is 0 Å². The monoisotopic (exact) mass is 653 g/mol. The predicted molar refractivity (Wildman–Crippen MR) is 208 cm³/mol. The van der Waals surface area contributed by atoms with E-state index in [4.69, 9.17) is 14.7 Å². The van der Waals surface area contributed by atoms with Crippen LogP contribution in [0.15, 0.2) is 152 Å². The molecular weight excluding hydrogens is 623 g/mol. The molecule has 11 rings (SSSR count). The second-order valence-electron chi connectivity index (χ2n) is 14.2. The highest BCUT2D eigenvalue weighted by Crippen LogP contribution is 2.53. The maximum atomic E-state index is 6.39. The smallest absolute Gasteiger partial charge is 0.160 e. The van der Waals surface area contributed by atoms with Crippen LogP contribution in [-0.2, 0) is 5.41 Å². The summed E-state index contributed by atoms with van der Waals surface area (Å²) in [4.78, 5) is 10.4. The van der Waals surface area contributed by atoms with E-state index in [0.29, 0.717) is 0 Å². The van der Waals surface area contributed by atoms with Crippen LogP contribution >= 0.6 is 0 Å². The van der Waals surface area contributed by atoms with Crippen molar-refractivity contribution in [2.75, 3.05) is 0 Å². The van der Waals surface area contributed by atoms with Crippen molar-refractivity contribution < 1.29 is 4.74 Å². The van der Waals surface area contributed by atoms with Gasteiger partial charge in [0.05, 0.1) is 27.9 Å². The van der Waals surface area contributed by atoms with E-state index >= 15 is 0 Å². The van der Waals surface area contributed by atoms with E-state index in [-0.39, 0.29) is 5.41 Å². The Balaban J connectivity index is 1.06. The Kier molecular flexibility index (Phi) is 5.70. The van der Waals surface area contributed by atoms with Crippen molar-refractivity contribution >= 4 is 32.7 Å². The summed E-state index contributed by atoms with van der Waals surface area (Å²) in [7, 11) is 0. The van der Waals surface area contributed by atoms with Gasteiger partial charge in [0.25, 0.3) is 0 Å². The third-order valence-corrected chi connectivity index (χ3v) is 11.0. The van der Waals surface area contributed by atoms with Gasteiger partial charge < -0.3 is 9.30 Å². The Hall–Kier alpha value is -6.52. The quantitative estimate of drug-likeness (QED) is 0.190. The van der Waals surface area contributed by atoms with E-state index < -0.39 is 0 Å². The molecular formula is C47H31N3O.